The number of hydrogen-bond donors (Lipinski definition) is 2. The molecule has 7 heteroatoms. The van der Waals surface area contributed by atoms with E-state index in [4.69, 9.17) is 5.11 Å². The van der Waals surface area contributed by atoms with Crippen molar-refractivity contribution in [2.24, 2.45) is 5.92 Å². The molecule has 0 aliphatic heterocycles. The minimum Gasteiger partial charge on any atom is -0.396 e. The van der Waals surface area contributed by atoms with Crippen molar-refractivity contribution < 1.29 is 9.90 Å². The molecule has 7 nitrogen and oxygen atoms in total. The number of aryl methyl sites for hydroxylation is 1. The van der Waals surface area contributed by atoms with Gasteiger partial charge in [0.15, 0.2) is 0 Å². The summed E-state index contributed by atoms with van der Waals surface area (Å²) in [7, 11) is 0. The van der Waals surface area contributed by atoms with E-state index in [-0.39, 0.29) is 18.4 Å². The Morgan fingerprint density at radius 3 is 2.90 bits per heavy atom. The first-order valence-corrected chi connectivity index (χ1v) is 7.27. The fourth-order valence-corrected chi connectivity index (χ4v) is 2.32. The molecular weight excluding hydrogens is 270 g/mol. The Morgan fingerprint density at radius 2 is 2.24 bits per heavy atom. The summed E-state index contributed by atoms with van der Waals surface area (Å²) in [4.78, 5) is 20.5. The summed E-state index contributed by atoms with van der Waals surface area (Å²) >= 11 is 0. The molecule has 0 saturated carbocycles. The van der Waals surface area contributed by atoms with Gasteiger partial charge in [0.25, 0.3) is 11.7 Å². The Kier molecular flexibility index (Phi) is 5.21. The molecule has 1 amide bonds. The number of carbonyl (C=O) groups is 1. The van der Waals surface area contributed by atoms with E-state index in [1.165, 1.54) is 6.33 Å². The van der Waals surface area contributed by atoms with Crippen LogP contribution in [0.2, 0.25) is 0 Å². The molecule has 0 fully saturated rings. The standard InChI is InChI=1S/C14H21N5O2/c1-3-10(5-6-20)7-15-13(21)11-8-16-14-17-9-18-19(14)12(11)4-2/h8-10,20H,3-7H2,1-2H3,(H,15,21). The second-order valence-electron chi connectivity index (χ2n) is 4.94. The highest BCUT2D eigenvalue weighted by Gasteiger charge is 2.16. The molecule has 0 aliphatic carbocycles. The van der Waals surface area contributed by atoms with Crippen molar-refractivity contribution in [1.82, 2.24) is 24.9 Å². The van der Waals surface area contributed by atoms with Crippen LogP contribution in [0.1, 0.15) is 42.7 Å². The molecule has 114 valence electrons. The molecule has 1 unspecified atom stereocenters. The molecule has 0 aromatic carbocycles. The van der Waals surface area contributed by atoms with Crippen LogP contribution in [-0.4, -0.2) is 43.7 Å². The second-order valence-corrected chi connectivity index (χ2v) is 4.94. The molecule has 2 aromatic rings. The van der Waals surface area contributed by atoms with Gasteiger partial charge in [-0.2, -0.15) is 10.1 Å². The molecule has 0 aliphatic rings. The third-order valence-electron chi connectivity index (χ3n) is 3.65. The van der Waals surface area contributed by atoms with Crippen molar-refractivity contribution >= 4 is 11.7 Å². The van der Waals surface area contributed by atoms with Gasteiger partial charge in [-0.3, -0.25) is 4.79 Å². The number of aliphatic hydroxyl groups excluding tert-OH is 1. The molecule has 0 saturated heterocycles. The number of aliphatic hydroxyl groups is 1. The van der Waals surface area contributed by atoms with Gasteiger partial charge in [0.05, 0.1) is 11.3 Å². The van der Waals surface area contributed by atoms with E-state index in [0.717, 1.165) is 12.1 Å². The highest BCUT2D eigenvalue weighted by molar-refractivity contribution is 5.95. The van der Waals surface area contributed by atoms with Gasteiger partial charge >= 0.3 is 0 Å². The Balaban J connectivity index is 2.15. The van der Waals surface area contributed by atoms with E-state index >= 15 is 0 Å². The second kappa shape index (κ2) is 7.12. The van der Waals surface area contributed by atoms with Crippen LogP contribution < -0.4 is 5.32 Å². The van der Waals surface area contributed by atoms with Crippen molar-refractivity contribution in [2.45, 2.75) is 33.1 Å². The Morgan fingerprint density at radius 1 is 1.43 bits per heavy atom. The summed E-state index contributed by atoms with van der Waals surface area (Å²) in [6.07, 6.45) is 5.25. The van der Waals surface area contributed by atoms with Crippen molar-refractivity contribution in [2.75, 3.05) is 13.2 Å². The average Bonchev–Trinajstić information content (AvgIpc) is 2.98. The molecule has 0 radical (unpaired) electrons. The van der Waals surface area contributed by atoms with E-state index in [2.05, 4.69) is 20.4 Å². The van der Waals surface area contributed by atoms with Crippen LogP contribution in [0.15, 0.2) is 12.5 Å². The van der Waals surface area contributed by atoms with Crippen LogP contribution in [0.4, 0.5) is 0 Å². The molecule has 0 spiro atoms. The molecule has 1 atom stereocenters. The maximum absolute atomic E-state index is 12.3. The SMILES string of the molecule is CCc1c(C(=O)NCC(CC)CCO)cnc2ncnn12. The van der Waals surface area contributed by atoms with Crippen molar-refractivity contribution in [3.8, 4) is 0 Å². The maximum atomic E-state index is 12.3. The third-order valence-corrected chi connectivity index (χ3v) is 3.65. The molecule has 2 N–H and O–H groups in total. The zero-order valence-electron chi connectivity index (χ0n) is 12.4. The van der Waals surface area contributed by atoms with Gasteiger partial charge in [-0.25, -0.2) is 9.50 Å². The maximum Gasteiger partial charge on any atom is 0.254 e. The van der Waals surface area contributed by atoms with Crippen LogP contribution in [-0.2, 0) is 6.42 Å². The largest absolute Gasteiger partial charge is 0.396 e. The lowest BCUT2D eigenvalue weighted by Crippen LogP contribution is -2.31. The smallest absolute Gasteiger partial charge is 0.254 e. The van der Waals surface area contributed by atoms with Crippen molar-refractivity contribution in [1.29, 1.82) is 0 Å². The fraction of sp³-hybridized carbons (Fsp3) is 0.571. The van der Waals surface area contributed by atoms with Crippen molar-refractivity contribution in [3.05, 3.63) is 23.8 Å². The number of fused-ring (bicyclic) bond motifs is 1. The number of carbonyl (C=O) groups excluding carboxylic acids is 1. The zero-order chi connectivity index (χ0) is 15.2. The summed E-state index contributed by atoms with van der Waals surface area (Å²) in [5.41, 5.74) is 1.32. The number of hydrogen-bond acceptors (Lipinski definition) is 5. The number of nitrogens with one attached hydrogen (secondary N) is 1. The first-order valence-electron chi connectivity index (χ1n) is 7.27. The van der Waals surface area contributed by atoms with E-state index in [9.17, 15) is 4.79 Å². The topological polar surface area (TPSA) is 92.4 Å². The van der Waals surface area contributed by atoms with Gasteiger partial charge in [0, 0.05) is 19.3 Å². The lowest BCUT2D eigenvalue weighted by atomic mass is 10.0. The van der Waals surface area contributed by atoms with Crippen molar-refractivity contribution in [3.63, 3.8) is 0 Å². The highest BCUT2D eigenvalue weighted by Crippen LogP contribution is 2.11. The summed E-state index contributed by atoms with van der Waals surface area (Å²) in [6, 6.07) is 0. The lowest BCUT2D eigenvalue weighted by molar-refractivity contribution is 0.0941. The monoisotopic (exact) mass is 291 g/mol. The summed E-state index contributed by atoms with van der Waals surface area (Å²) in [5.74, 6) is 0.621. The van der Waals surface area contributed by atoms with Gasteiger partial charge < -0.3 is 10.4 Å². The Bertz CT molecular complexity index is 610. The molecule has 2 heterocycles. The first kappa shape index (κ1) is 15.4. The third kappa shape index (κ3) is 3.36. The number of amides is 1. The average molecular weight is 291 g/mol. The van der Waals surface area contributed by atoms with Crippen LogP contribution in [0.5, 0.6) is 0 Å². The normalized spacial score (nSPS) is 12.5. The molecular formula is C14H21N5O2. The highest BCUT2D eigenvalue weighted by atomic mass is 16.3. The predicted molar refractivity (Wildman–Crippen MR) is 78.0 cm³/mol. The summed E-state index contributed by atoms with van der Waals surface area (Å²) < 4.78 is 1.60. The van der Waals surface area contributed by atoms with Crippen LogP contribution >= 0.6 is 0 Å². The Labute approximate surface area is 123 Å². The summed E-state index contributed by atoms with van der Waals surface area (Å²) in [5, 5.41) is 16.0. The molecule has 2 rings (SSSR count). The van der Waals surface area contributed by atoms with E-state index < -0.39 is 0 Å². The minimum absolute atomic E-state index is 0.140. The first-order chi connectivity index (χ1) is 10.2. The predicted octanol–water partition coefficient (Wildman–Crippen LogP) is 0.825. The Hall–Kier alpha value is -2.02. The molecule has 21 heavy (non-hydrogen) atoms. The van der Waals surface area contributed by atoms with Gasteiger partial charge in [0.2, 0.25) is 0 Å². The van der Waals surface area contributed by atoms with Gasteiger partial charge in [-0.05, 0) is 18.8 Å². The molecule has 2 aromatic heterocycles. The fourth-order valence-electron chi connectivity index (χ4n) is 2.32. The van der Waals surface area contributed by atoms with E-state index in [0.29, 0.717) is 30.7 Å². The zero-order valence-corrected chi connectivity index (χ0v) is 12.4. The van der Waals surface area contributed by atoms with Crippen LogP contribution in [0, 0.1) is 5.92 Å². The number of rotatable bonds is 7. The van der Waals surface area contributed by atoms with Crippen LogP contribution in [0.3, 0.4) is 0 Å². The summed E-state index contributed by atoms with van der Waals surface area (Å²) in [6.45, 7) is 4.70. The number of aromatic nitrogens is 4. The van der Waals surface area contributed by atoms with E-state index in [1.807, 2.05) is 13.8 Å². The van der Waals surface area contributed by atoms with Crippen LogP contribution in [0.25, 0.3) is 5.78 Å². The van der Waals surface area contributed by atoms with E-state index in [1.54, 1.807) is 10.7 Å². The minimum atomic E-state index is -0.159. The number of nitrogens with zero attached hydrogens (tertiary/aromatic N) is 4. The lowest BCUT2D eigenvalue weighted by Gasteiger charge is -2.15. The van der Waals surface area contributed by atoms with Gasteiger partial charge in [0.1, 0.15) is 6.33 Å². The quantitative estimate of drug-likeness (QED) is 0.788. The van der Waals surface area contributed by atoms with Gasteiger partial charge in [-0.1, -0.05) is 20.3 Å². The van der Waals surface area contributed by atoms with Gasteiger partial charge in [-0.15, -0.1) is 0 Å². The molecule has 0 bridgehead atoms.